The zero-order chi connectivity index (χ0) is 19.9. The number of likely N-dealkylation sites (tertiary alicyclic amines) is 1. The molecule has 2 aromatic rings. The molecule has 148 valence electrons. The van der Waals surface area contributed by atoms with Crippen molar-refractivity contribution in [2.45, 2.75) is 28.2 Å². The molecule has 4 rings (SSSR count). The van der Waals surface area contributed by atoms with E-state index in [0.717, 1.165) is 0 Å². The zero-order valence-electron chi connectivity index (χ0n) is 15.1. The van der Waals surface area contributed by atoms with Crippen LogP contribution < -0.4 is 0 Å². The van der Waals surface area contributed by atoms with Gasteiger partial charge in [-0.25, -0.2) is 4.79 Å². The van der Waals surface area contributed by atoms with E-state index in [1.807, 2.05) is 24.3 Å². The Bertz CT molecular complexity index is 843. The topological polar surface area (TPSA) is 49.8 Å². The maximum atomic E-state index is 12.6. The maximum Gasteiger partial charge on any atom is 0.409 e. The van der Waals surface area contributed by atoms with Gasteiger partial charge in [0.15, 0.2) is 0 Å². The summed E-state index contributed by atoms with van der Waals surface area (Å²) in [7, 11) is 0. The van der Waals surface area contributed by atoms with Crippen molar-refractivity contribution in [1.82, 2.24) is 4.90 Å². The van der Waals surface area contributed by atoms with Gasteiger partial charge in [0, 0.05) is 19.0 Å². The first-order chi connectivity index (χ1) is 13.3. The second kappa shape index (κ2) is 7.42. The number of benzene rings is 2. The molecule has 0 unspecified atom stereocenters. The molecule has 0 saturated carbocycles. The molecule has 1 fully saturated rings. The molecule has 0 aromatic heterocycles. The summed E-state index contributed by atoms with van der Waals surface area (Å²) in [6.45, 7) is 0.820. The van der Waals surface area contributed by atoms with E-state index in [2.05, 4.69) is 24.3 Å². The van der Waals surface area contributed by atoms with Gasteiger partial charge in [0.2, 0.25) is 3.79 Å². The number of hydrogen-bond donors (Lipinski definition) is 1. The number of carbonyl (C=O) groups excluding carboxylic acids is 1. The Hall–Kier alpha value is -1.46. The van der Waals surface area contributed by atoms with Crippen LogP contribution in [0.5, 0.6) is 0 Å². The molecule has 1 saturated heterocycles. The number of amides is 1. The molecule has 1 N–H and O–H groups in total. The van der Waals surface area contributed by atoms with Crippen LogP contribution in [0.3, 0.4) is 0 Å². The molecule has 1 heterocycles. The summed E-state index contributed by atoms with van der Waals surface area (Å²) in [6, 6.07) is 16.4. The van der Waals surface area contributed by atoms with E-state index in [9.17, 15) is 9.90 Å². The SMILES string of the molecule is O=C(OCC1c2ccccc2-c2ccccc21)N1CCC(O)(C(Cl)(Cl)Cl)CC1. The van der Waals surface area contributed by atoms with Crippen LogP contribution in [-0.4, -0.2) is 45.2 Å². The van der Waals surface area contributed by atoms with Crippen molar-refractivity contribution in [2.75, 3.05) is 19.7 Å². The highest BCUT2D eigenvalue weighted by atomic mass is 35.6. The molecule has 0 atom stereocenters. The number of aliphatic hydroxyl groups is 1. The van der Waals surface area contributed by atoms with Gasteiger partial charge in [-0.1, -0.05) is 83.3 Å². The van der Waals surface area contributed by atoms with Gasteiger partial charge < -0.3 is 14.7 Å². The van der Waals surface area contributed by atoms with Gasteiger partial charge in [0.25, 0.3) is 0 Å². The third-order valence-corrected chi connectivity index (χ3v) is 6.77. The minimum atomic E-state index is -1.78. The van der Waals surface area contributed by atoms with Crippen molar-refractivity contribution in [3.63, 3.8) is 0 Å². The summed E-state index contributed by atoms with van der Waals surface area (Å²) in [4.78, 5) is 14.1. The van der Waals surface area contributed by atoms with Crippen LogP contribution in [0.4, 0.5) is 4.79 Å². The van der Waals surface area contributed by atoms with Crippen molar-refractivity contribution in [3.8, 4) is 11.1 Å². The van der Waals surface area contributed by atoms with Gasteiger partial charge in [0.1, 0.15) is 12.2 Å². The third kappa shape index (κ3) is 3.48. The Morgan fingerprint density at radius 1 is 1.04 bits per heavy atom. The van der Waals surface area contributed by atoms with E-state index < -0.39 is 15.5 Å². The third-order valence-electron chi connectivity index (χ3n) is 5.71. The predicted octanol–water partition coefficient (Wildman–Crippen LogP) is 5.13. The lowest BCUT2D eigenvalue weighted by Crippen LogP contribution is -2.53. The Labute approximate surface area is 179 Å². The van der Waals surface area contributed by atoms with Gasteiger partial charge in [-0.15, -0.1) is 0 Å². The normalized spacial score (nSPS) is 18.5. The number of fused-ring (bicyclic) bond motifs is 3. The zero-order valence-corrected chi connectivity index (χ0v) is 17.3. The Balaban J connectivity index is 1.42. The molecule has 2 aromatic carbocycles. The van der Waals surface area contributed by atoms with Gasteiger partial charge in [0.05, 0.1) is 0 Å². The fourth-order valence-corrected chi connectivity index (χ4v) is 4.59. The van der Waals surface area contributed by atoms with E-state index >= 15 is 0 Å². The van der Waals surface area contributed by atoms with Gasteiger partial charge >= 0.3 is 6.09 Å². The van der Waals surface area contributed by atoms with Crippen LogP contribution in [0.15, 0.2) is 48.5 Å². The molecule has 0 radical (unpaired) electrons. The average molecular weight is 441 g/mol. The van der Waals surface area contributed by atoms with Crippen LogP contribution in [0.25, 0.3) is 11.1 Å². The standard InChI is InChI=1S/C21H20Cl3NO3/c22-21(23,24)20(27)9-11-25(12-10-20)19(26)28-13-18-16-7-3-1-5-14(16)15-6-2-4-8-17(15)18/h1-8,18,27H,9-13H2. The van der Waals surface area contributed by atoms with E-state index in [1.54, 1.807) is 4.90 Å². The van der Waals surface area contributed by atoms with Crippen molar-refractivity contribution in [1.29, 1.82) is 0 Å². The van der Waals surface area contributed by atoms with Crippen LogP contribution >= 0.6 is 34.8 Å². The van der Waals surface area contributed by atoms with Crippen LogP contribution in [0.1, 0.15) is 29.9 Å². The minimum Gasteiger partial charge on any atom is -0.448 e. The number of nitrogens with zero attached hydrogens (tertiary/aromatic N) is 1. The number of halogens is 3. The fourth-order valence-electron chi connectivity index (χ4n) is 4.03. The highest BCUT2D eigenvalue weighted by Crippen LogP contribution is 2.45. The second-order valence-corrected chi connectivity index (χ2v) is 9.60. The lowest BCUT2D eigenvalue weighted by molar-refractivity contribution is -0.0176. The fraction of sp³-hybridized carbons (Fsp3) is 0.381. The average Bonchev–Trinajstić information content (AvgIpc) is 3.00. The van der Waals surface area contributed by atoms with Gasteiger partial charge in [-0.2, -0.15) is 0 Å². The summed E-state index contributed by atoms with van der Waals surface area (Å²) < 4.78 is 3.86. The van der Waals surface area contributed by atoms with Crippen molar-refractivity contribution in [2.24, 2.45) is 0 Å². The van der Waals surface area contributed by atoms with Crippen molar-refractivity contribution >= 4 is 40.9 Å². The molecule has 1 aliphatic heterocycles. The number of piperidine rings is 1. The molecule has 2 aliphatic rings. The van der Waals surface area contributed by atoms with Gasteiger partial charge in [-0.05, 0) is 35.1 Å². The Morgan fingerprint density at radius 3 is 2.04 bits per heavy atom. The quantitative estimate of drug-likeness (QED) is 0.658. The summed E-state index contributed by atoms with van der Waals surface area (Å²) >= 11 is 17.6. The summed E-state index contributed by atoms with van der Waals surface area (Å²) in [5, 5.41) is 10.5. The number of rotatable bonds is 2. The highest BCUT2D eigenvalue weighted by Gasteiger charge is 2.49. The molecular weight excluding hydrogens is 421 g/mol. The first-order valence-corrected chi connectivity index (χ1v) is 10.3. The predicted molar refractivity (Wildman–Crippen MR) is 111 cm³/mol. The molecule has 1 aliphatic carbocycles. The number of ether oxygens (including phenoxy) is 1. The summed E-state index contributed by atoms with van der Waals surface area (Å²) in [6.07, 6.45) is -0.0327. The smallest absolute Gasteiger partial charge is 0.409 e. The largest absolute Gasteiger partial charge is 0.448 e. The number of alkyl halides is 3. The molecule has 0 spiro atoms. The Morgan fingerprint density at radius 2 is 1.54 bits per heavy atom. The van der Waals surface area contributed by atoms with E-state index in [-0.39, 0.29) is 38.5 Å². The van der Waals surface area contributed by atoms with Crippen molar-refractivity contribution < 1.29 is 14.6 Å². The first-order valence-electron chi connectivity index (χ1n) is 9.19. The monoisotopic (exact) mass is 439 g/mol. The summed E-state index contributed by atoms with van der Waals surface area (Å²) in [5.41, 5.74) is 3.27. The van der Waals surface area contributed by atoms with Crippen LogP contribution in [-0.2, 0) is 4.74 Å². The minimum absolute atomic E-state index is 0.0132. The number of carbonyl (C=O) groups is 1. The first kappa shape index (κ1) is 19.8. The lowest BCUT2D eigenvalue weighted by atomic mass is 9.93. The van der Waals surface area contributed by atoms with E-state index in [1.165, 1.54) is 22.3 Å². The Kier molecular flexibility index (Phi) is 5.25. The van der Waals surface area contributed by atoms with Crippen LogP contribution in [0.2, 0.25) is 0 Å². The van der Waals surface area contributed by atoms with Gasteiger partial charge in [-0.3, -0.25) is 0 Å². The van der Waals surface area contributed by atoms with Crippen LogP contribution in [0, 0.1) is 0 Å². The molecule has 4 nitrogen and oxygen atoms in total. The lowest BCUT2D eigenvalue weighted by Gasteiger charge is -2.41. The number of hydrogen-bond acceptors (Lipinski definition) is 3. The van der Waals surface area contributed by atoms with E-state index in [4.69, 9.17) is 39.5 Å². The van der Waals surface area contributed by atoms with Crippen molar-refractivity contribution in [3.05, 3.63) is 59.7 Å². The van der Waals surface area contributed by atoms with E-state index in [0.29, 0.717) is 0 Å². The molecular formula is C21H20Cl3NO3. The highest BCUT2D eigenvalue weighted by molar-refractivity contribution is 6.68. The summed E-state index contributed by atoms with van der Waals surface area (Å²) in [5.74, 6) is 0.0132. The molecule has 7 heteroatoms. The molecule has 1 amide bonds. The molecule has 0 bridgehead atoms. The maximum absolute atomic E-state index is 12.6. The molecule has 28 heavy (non-hydrogen) atoms. The second-order valence-electron chi connectivity index (χ2n) is 7.32.